The average molecular weight is 151 g/mol. The van der Waals surface area contributed by atoms with Gasteiger partial charge in [0.25, 0.3) is 0 Å². The van der Waals surface area contributed by atoms with Gasteiger partial charge in [-0.25, -0.2) is 0 Å². The maximum Gasteiger partial charge on any atom is 0.148 e. The molecule has 0 radical (unpaired) electrons. The Labute approximate surface area is 66.8 Å². The van der Waals surface area contributed by atoms with Gasteiger partial charge in [-0.3, -0.25) is 0 Å². The fourth-order valence-corrected chi connectivity index (χ4v) is 0.772. The van der Waals surface area contributed by atoms with Crippen molar-refractivity contribution in [1.29, 1.82) is 0 Å². The summed E-state index contributed by atoms with van der Waals surface area (Å²) in [5.41, 5.74) is 0.944. The summed E-state index contributed by atoms with van der Waals surface area (Å²) >= 11 is 0. The van der Waals surface area contributed by atoms with E-state index in [-0.39, 0.29) is 0 Å². The normalized spacial score (nSPS) is 10.2. The first-order chi connectivity index (χ1) is 5.18. The van der Waals surface area contributed by atoms with Crippen molar-refractivity contribution in [1.82, 2.24) is 10.2 Å². The first kappa shape index (κ1) is 7.98. The topological polar surface area (TPSA) is 37.8 Å². The summed E-state index contributed by atoms with van der Waals surface area (Å²) in [6, 6.07) is 4.28. The highest BCUT2D eigenvalue weighted by Gasteiger charge is 1.95. The Morgan fingerprint density at radius 2 is 2.00 bits per heavy atom. The van der Waals surface area contributed by atoms with Gasteiger partial charge in [-0.1, -0.05) is 0 Å². The van der Waals surface area contributed by atoms with E-state index in [0.29, 0.717) is 6.04 Å². The summed E-state index contributed by atoms with van der Waals surface area (Å²) in [7, 11) is 0. The van der Waals surface area contributed by atoms with E-state index in [9.17, 15) is 0 Å². The maximum absolute atomic E-state index is 3.96. The van der Waals surface area contributed by atoms with Gasteiger partial charge in [-0.15, -0.1) is 5.10 Å². The zero-order chi connectivity index (χ0) is 8.27. The predicted molar refractivity (Wildman–Crippen MR) is 45.5 cm³/mol. The molecule has 0 unspecified atom stereocenters. The van der Waals surface area contributed by atoms with Crippen LogP contribution in [0.1, 0.15) is 19.5 Å². The minimum Gasteiger partial charge on any atom is -0.366 e. The van der Waals surface area contributed by atoms with Crippen LogP contribution in [0.5, 0.6) is 0 Å². The molecule has 0 aliphatic heterocycles. The molecular formula is C8H13N3. The Kier molecular flexibility index (Phi) is 2.41. The van der Waals surface area contributed by atoms with Crippen molar-refractivity contribution in [3.63, 3.8) is 0 Å². The molecule has 1 rings (SSSR count). The largest absolute Gasteiger partial charge is 0.366 e. The van der Waals surface area contributed by atoms with E-state index < -0.39 is 0 Å². The van der Waals surface area contributed by atoms with E-state index in [0.717, 1.165) is 11.5 Å². The van der Waals surface area contributed by atoms with E-state index in [1.54, 1.807) is 0 Å². The van der Waals surface area contributed by atoms with Gasteiger partial charge in [0.1, 0.15) is 5.82 Å². The molecule has 0 aliphatic rings. The molecule has 0 amide bonds. The second-order valence-corrected chi connectivity index (χ2v) is 2.86. The molecule has 0 aromatic carbocycles. The van der Waals surface area contributed by atoms with Crippen molar-refractivity contribution in [2.45, 2.75) is 26.8 Å². The zero-order valence-electron chi connectivity index (χ0n) is 7.13. The fraction of sp³-hybridized carbons (Fsp3) is 0.500. The number of hydrogen-bond acceptors (Lipinski definition) is 3. The highest BCUT2D eigenvalue weighted by molar-refractivity contribution is 5.33. The van der Waals surface area contributed by atoms with Gasteiger partial charge in [0.2, 0.25) is 0 Å². The highest BCUT2D eigenvalue weighted by Crippen LogP contribution is 2.01. The van der Waals surface area contributed by atoms with Crippen molar-refractivity contribution in [3.05, 3.63) is 17.8 Å². The van der Waals surface area contributed by atoms with Crippen LogP contribution in [0.4, 0.5) is 5.82 Å². The van der Waals surface area contributed by atoms with E-state index in [4.69, 9.17) is 0 Å². The van der Waals surface area contributed by atoms with Crippen LogP contribution in [0, 0.1) is 6.92 Å². The lowest BCUT2D eigenvalue weighted by Gasteiger charge is -2.06. The molecule has 1 N–H and O–H groups in total. The lowest BCUT2D eigenvalue weighted by atomic mass is 10.3. The third-order valence-corrected chi connectivity index (χ3v) is 1.23. The van der Waals surface area contributed by atoms with Crippen LogP contribution >= 0.6 is 0 Å². The third-order valence-electron chi connectivity index (χ3n) is 1.23. The third kappa shape index (κ3) is 2.53. The number of aromatic nitrogens is 2. The summed E-state index contributed by atoms with van der Waals surface area (Å²) in [6.45, 7) is 6.06. The molecule has 0 saturated heterocycles. The van der Waals surface area contributed by atoms with Crippen LogP contribution in [0.3, 0.4) is 0 Å². The number of rotatable bonds is 2. The Morgan fingerprint density at radius 1 is 1.27 bits per heavy atom. The van der Waals surface area contributed by atoms with Crippen molar-refractivity contribution in [2.24, 2.45) is 0 Å². The van der Waals surface area contributed by atoms with Gasteiger partial charge in [0.15, 0.2) is 0 Å². The van der Waals surface area contributed by atoms with E-state index in [1.165, 1.54) is 0 Å². The van der Waals surface area contributed by atoms with Crippen LogP contribution in [-0.2, 0) is 0 Å². The Bertz CT molecular complexity index is 215. The number of hydrogen-bond donors (Lipinski definition) is 1. The van der Waals surface area contributed by atoms with Gasteiger partial charge < -0.3 is 5.32 Å². The smallest absolute Gasteiger partial charge is 0.148 e. The predicted octanol–water partition coefficient (Wildman–Crippen LogP) is 1.61. The van der Waals surface area contributed by atoms with Crippen LogP contribution in [0.15, 0.2) is 12.1 Å². The van der Waals surface area contributed by atoms with Crippen LogP contribution < -0.4 is 5.32 Å². The molecule has 0 aliphatic carbocycles. The number of anilines is 1. The molecular weight excluding hydrogens is 138 g/mol. The molecule has 1 aromatic heterocycles. The molecule has 11 heavy (non-hydrogen) atoms. The number of aryl methyl sites for hydroxylation is 1. The van der Waals surface area contributed by atoms with Crippen molar-refractivity contribution >= 4 is 5.82 Å². The van der Waals surface area contributed by atoms with Crippen molar-refractivity contribution < 1.29 is 0 Å². The Balaban J connectivity index is 2.66. The van der Waals surface area contributed by atoms with Crippen LogP contribution in [0.2, 0.25) is 0 Å². The highest BCUT2D eigenvalue weighted by atomic mass is 15.2. The minimum absolute atomic E-state index is 0.409. The van der Waals surface area contributed by atoms with Gasteiger partial charge >= 0.3 is 0 Å². The molecule has 3 nitrogen and oxygen atoms in total. The van der Waals surface area contributed by atoms with Gasteiger partial charge in [0.05, 0.1) is 5.69 Å². The average Bonchev–Trinajstić information content (AvgIpc) is 1.93. The summed E-state index contributed by atoms with van der Waals surface area (Å²) in [6.07, 6.45) is 0. The molecule has 0 spiro atoms. The van der Waals surface area contributed by atoms with E-state index in [1.807, 2.05) is 19.1 Å². The summed E-state index contributed by atoms with van der Waals surface area (Å²) in [5, 5.41) is 11.0. The second-order valence-electron chi connectivity index (χ2n) is 2.86. The Morgan fingerprint density at radius 3 is 2.45 bits per heavy atom. The molecule has 0 saturated carbocycles. The molecule has 1 aromatic rings. The van der Waals surface area contributed by atoms with Crippen LogP contribution in [0.25, 0.3) is 0 Å². The van der Waals surface area contributed by atoms with Gasteiger partial charge in [0, 0.05) is 6.04 Å². The maximum atomic E-state index is 3.96. The molecule has 60 valence electrons. The lowest BCUT2D eigenvalue weighted by Crippen LogP contribution is -2.11. The summed E-state index contributed by atoms with van der Waals surface area (Å²) < 4.78 is 0. The molecule has 0 fully saturated rings. The first-order valence-electron chi connectivity index (χ1n) is 3.75. The standard InChI is InChI=1S/C8H13N3/c1-6(2)9-8-5-4-7(3)10-11-8/h4-6H,1-3H3,(H,9,11). The second kappa shape index (κ2) is 3.32. The van der Waals surface area contributed by atoms with Gasteiger partial charge in [-0.05, 0) is 32.9 Å². The summed E-state index contributed by atoms with van der Waals surface area (Å²) in [5.74, 6) is 0.839. The Hall–Kier alpha value is -1.12. The van der Waals surface area contributed by atoms with Gasteiger partial charge in [-0.2, -0.15) is 5.10 Å². The fourth-order valence-electron chi connectivity index (χ4n) is 0.772. The lowest BCUT2D eigenvalue weighted by molar-refractivity contribution is 0.867. The molecule has 3 heteroatoms. The zero-order valence-corrected chi connectivity index (χ0v) is 7.13. The van der Waals surface area contributed by atoms with Crippen molar-refractivity contribution in [2.75, 3.05) is 5.32 Å². The minimum atomic E-state index is 0.409. The monoisotopic (exact) mass is 151 g/mol. The van der Waals surface area contributed by atoms with Crippen LogP contribution in [-0.4, -0.2) is 16.2 Å². The van der Waals surface area contributed by atoms with E-state index >= 15 is 0 Å². The quantitative estimate of drug-likeness (QED) is 0.697. The SMILES string of the molecule is Cc1ccc(NC(C)C)nn1. The van der Waals surface area contributed by atoms with Crippen molar-refractivity contribution in [3.8, 4) is 0 Å². The number of nitrogens with one attached hydrogen (secondary N) is 1. The van der Waals surface area contributed by atoms with E-state index in [2.05, 4.69) is 29.4 Å². The first-order valence-corrected chi connectivity index (χ1v) is 3.75. The molecule has 0 bridgehead atoms. The number of nitrogens with zero attached hydrogens (tertiary/aromatic N) is 2. The molecule has 0 atom stereocenters. The summed E-state index contributed by atoms with van der Waals surface area (Å²) in [4.78, 5) is 0. The molecule has 1 heterocycles.